The summed E-state index contributed by atoms with van der Waals surface area (Å²) in [6.45, 7) is 4.12. The van der Waals surface area contributed by atoms with Crippen LogP contribution in [-0.2, 0) is 17.6 Å². The minimum Gasteiger partial charge on any atom is -0.465 e. The van der Waals surface area contributed by atoms with Gasteiger partial charge < -0.3 is 19.9 Å². The van der Waals surface area contributed by atoms with Gasteiger partial charge in [-0.1, -0.05) is 18.5 Å². The van der Waals surface area contributed by atoms with Gasteiger partial charge in [-0.05, 0) is 49.0 Å². The molecular formula is C25H25ClN4O5S3. The van der Waals surface area contributed by atoms with Crippen molar-refractivity contribution in [3.63, 3.8) is 0 Å². The fraction of sp³-hybridized carbons (Fsp3) is 0.400. The van der Waals surface area contributed by atoms with Crippen molar-refractivity contribution in [1.82, 2.24) is 9.80 Å². The molecule has 0 spiro atoms. The topological polar surface area (TPSA) is 105 Å². The van der Waals surface area contributed by atoms with Gasteiger partial charge in [0.05, 0.1) is 22.6 Å². The van der Waals surface area contributed by atoms with E-state index in [4.69, 9.17) is 28.6 Å². The van der Waals surface area contributed by atoms with Crippen molar-refractivity contribution in [2.24, 2.45) is 5.92 Å². The highest BCUT2D eigenvalue weighted by Crippen LogP contribution is 2.41. The number of carbonyl (C=O) groups is 2. The summed E-state index contributed by atoms with van der Waals surface area (Å²) < 4.78 is 5.67. The molecule has 1 N–H and O–H groups in total. The maximum atomic E-state index is 13.3. The maximum absolute atomic E-state index is 13.3. The predicted molar refractivity (Wildman–Crippen MR) is 154 cm³/mol. The number of nitrogens with one attached hydrogen (secondary N) is 1. The lowest BCUT2D eigenvalue weighted by Crippen LogP contribution is -2.51. The molecule has 1 aromatic carbocycles. The first kappa shape index (κ1) is 26.8. The number of methoxy groups -OCH3 is 1. The average Bonchev–Trinajstić information content (AvgIpc) is 3.43. The van der Waals surface area contributed by atoms with Crippen molar-refractivity contribution < 1.29 is 19.2 Å². The average molecular weight is 593 g/mol. The second kappa shape index (κ2) is 10.8. The molecule has 0 radical (unpaired) electrons. The van der Waals surface area contributed by atoms with Crippen molar-refractivity contribution in [2.45, 2.75) is 26.2 Å². The van der Waals surface area contributed by atoms with Crippen LogP contribution in [0.1, 0.15) is 43.8 Å². The van der Waals surface area contributed by atoms with Gasteiger partial charge in [0.1, 0.15) is 9.88 Å². The zero-order chi connectivity index (χ0) is 27.1. The largest absolute Gasteiger partial charge is 0.465 e. The van der Waals surface area contributed by atoms with E-state index in [2.05, 4.69) is 12.2 Å². The van der Waals surface area contributed by atoms with Crippen molar-refractivity contribution in [3.05, 3.63) is 54.2 Å². The highest BCUT2D eigenvalue weighted by atomic mass is 35.5. The molecule has 0 bridgehead atoms. The number of thiocarbonyl (C=S) groups is 1. The fourth-order valence-electron chi connectivity index (χ4n) is 4.89. The Morgan fingerprint density at radius 2 is 1.92 bits per heavy atom. The quantitative estimate of drug-likeness (QED) is 0.181. The van der Waals surface area contributed by atoms with Gasteiger partial charge in [-0.3, -0.25) is 14.9 Å². The van der Waals surface area contributed by atoms with Gasteiger partial charge in [0.25, 0.3) is 11.6 Å². The van der Waals surface area contributed by atoms with Gasteiger partial charge in [0.15, 0.2) is 5.11 Å². The molecule has 1 amide bonds. The Bertz CT molecular complexity index is 1460. The van der Waals surface area contributed by atoms with Gasteiger partial charge in [0, 0.05) is 53.3 Å². The number of hydrogen-bond donors (Lipinski definition) is 1. The SMILES string of the molecule is COC(=O)c1c(NC(=S)N2CCN(C(=O)c3sc4cc([N+](=O)[O-])ccc4c3Cl)CC2)sc2c1CCC(C)C2. The highest BCUT2D eigenvalue weighted by Gasteiger charge is 2.31. The van der Waals surface area contributed by atoms with Crippen molar-refractivity contribution >= 4 is 84.3 Å². The molecule has 3 aromatic rings. The molecule has 1 fully saturated rings. The minimum atomic E-state index is -0.467. The number of nitrogens with zero attached hydrogens (tertiary/aromatic N) is 3. The molecule has 0 saturated carbocycles. The summed E-state index contributed by atoms with van der Waals surface area (Å²) in [7, 11) is 1.39. The first-order valence-electron chi connectivity index (χ1n) is 12.1. The molecule has 2 aromatic heterocycles. The van der Waals surface area contributed by atoms with Crippen LogP contribution in [0.15, 0.2) is 18.2 Å². The van der Waals surface area contributed by atoms with E-state index >= 15 is 0 Å². The number of rotatable bonds is 4. The molecule has 200 valence electrons. The Balaban J connectivity index is 1.27. The summed E-state index contributed by atoms with van der Waals surface area (Å²) in [6, 6.07) is 4.41. The standard InChI is InChI=1S/C25H25ClN4O5S3/c1-13-3-5-15-17(11-13)38-22(19(15)24(32)35-2)27-25(36)29-9-7-28(8-10-29)23(31)21-20(26)16-6-4-14(30(33)34)12-18(16)37-21/h4,6,12-13H,3,5,7-11H2,1-2H3,(H,27,36). The van der Waals surface area contributed by atoms with E-state index in [1.165, 1.54) is 24.1 Å². The van der Waals surface area contributed by atoms with Gasteiger partial charge in [-0.15, -0.1) is 22.7 Å². The number of nitro benzene ring substituents is 1. The Kier molecular flexibility index (Phi) is 7.58. The summed E-state index contributed by atoms with van der Waals surface area (Å²) in [4.78, 5) is 41.8. The molecule has 5 rings (SSSR count). The second-order valence-corrected chi connectivity index (χ2v) is 12.4. The van der Waals surface area contributed by atoms with Crippen molar-refractivity contribution in [1.29, 1.82) is 0 Å². The van der Waals surface area contributed by atoms with Crippen LogP contribution in [0.2, 0.25) is 5.02 Å². The molecule has 1 atom stereocenters. The van der Waals surface area contributed by atoms with Gasteiger partial charge in [0.2, 0.25) is 0 Å². The molecule has 2 aliphatic rings. The minimum absolute atomic E-state index is 0.0412. The Morgan fingerprint density at radius 1 is 1.21 bits per heavy atom. The van der Waals surface area contributed by atoms with Crippen LogP contribution in [0.3, 0.4) is 0 Å². The molecule has 13 heteroatoms. The van der Waals surface area contributed by atoms with Crippen LogP contribution in [0.5, 0.6) is 0 Å². The Hall–Kier alpha value is -2.80. The second-order valence-electron chi connectivity index (χ2n) is 9.44. The summed E-state index contributed by atoms with van der Waals surface area (Å²) in [6.07, 6.45) is 2.82. The van der Waals surface area contributed by atoms with E-state index in [-0.39, 0.29) is 17.6 Å². The molecule has 1 unspecified atom stereocenters. The Morgan fingerprint density at radius 3 is 2.61 bits per heavy atom. The van der Waals surface area contributed by atoms with Crippen LogP contribution in [0.25, 0.3) is 10.1 Å². The number of ether oxygens (including phenoxy) is 1. The smallest absolute Gasteiger partial charge is 0.341 e. The van der Waals surface area contributed by atoms with E-state index in [1.807, 2.05) is 4.90 Å². The third kappa shape index (κ3) is 4.97. The molecule has 3 heterocycles. The summed E-state index contributed by atoms with van der Waals surface area (Å²) in [5.41, 5.74) is 1.60. The first-order valence-corrected chi connectivity index (χ1v) is 14.5. The number of halogens is 1. The number of non-ortho nitro benzene ring substituents is 1. The normalized spacial score (nSPS) is 17.3. The number of nitro groups is 1. The van der Waals surface area contributed by atoms with Crippen LogP contribution >= 0.6 is 46.5 Å². The number of fused-ring (bicyclic) bond motifs is 2. The van der Waals surface area contributed by atoms with Crippen molar-refractivity contribution in [3.8, 4) is 0 Å². The van der Waals surface area contributed by atoms with E-state index in [0.717, 1.165) is 36.2 Å². The van der Waals surface area contributed by atoms with E-state index in [9.17, 15) is 19.7 Å². The van der Waals surface area contributed by atoms with Gasteiger partial charge in [-0.2, -0.15) is 0 Å². The molecule has 38 heavy (non-hydrogen) atoms. The number of thiophene rings is 2. The zero-order valence-corrected chi connectivity index (χ0v) is 24.0. The predicted octanol–water partition coefficient (Wildman–Crippen LogP) is 5.59. The Labute approximate surface area is 237 Å². The maximum Gasteiger partial charge on any atom is 0.341 e. The van der Waals surface area contributed by atoms with E-state index in [1.54, 1.807) is 22.3 Å². The fourth-order valence-corrected chi connectivity index (χ4v) is 8.15. The van der Waals surface area contributed by atoms with Gasteiger partial charge in [-0.25, -0.2) is 4.79 Å². The van der Waals surface area contributed by atoms with Crippen LogP contribution in [0, 0.1) is 16.0 Å². The summed E-state index contributed by atoms with van der Waals surface area (Å²) in [5.74, 6) is 0.00958. The third-order valence-corrected chi connectivity index (χ3v) is 10.2. The first-order chi connectivity index (χ1) is 18.2. The van der Waals surface area contributed by atoms with Crippen LogP contribution in [-0.4, -0.2) is 65.0 Å². The lowest BCUT2D eigenvalue weighted by atomic mass is 9.88. The number of benzene rings is 1. The number of anilines is 1. The molecule has 1 aliphatic heterocycles. The molecule has 1 saturated heterocycles. The number of hydrogen-bond acceptors (Lipinski definition) is 8. The summed E-state index contributed by atoms with van der Waals surface area (Å²) in [5, 5.41) is 16.6. The van der Waals surface area contributed by atoms with Crippen molar-refractivity contribution in [2.75, 3.05) is 38.6 Å². The van der Waals surface area contributed by atoms with Gasteiger partial charge >= 0.3 is 5.97 Å². The van der Waals surface area contributed by atoms with Crippen LogP contribution < -0.4 is 5.32 Å². The third-order valence-electron chi connectivity index (χ3n) is 6.99. The number of carbonyl (C=O) groups excluding carboxylic acids is 2. The summed E-state index contributed by atoms with van der Waals surface area (Å²) >= 11 is 14.9. The van der Waals surface area contributed by atoms with E-state index in [0.29, 0.717) is 67.8 Å². The molecule has 9 nitrogen and oxygen atoms in total. The molecular weight excluding hydrogens is 568 g/mol. The highest BCUT2D eigenvalue weighted by molar-refractivity contribution is 7.80. The van der Waals surface area contributed by atoms with Crippen LogP contribution in [0.4, 0.5) is 10.7 Å². The number of piperazine rings is 1. The lowest BCUT2D eigenvalue weighted by molar-refractivity contribution is -0.384. The molecule has 1 aliphatic carbocycles. The number of amides is 1. The lowest BCUT2D eigenvalue weighted by Gasteiger charge is -2.36. The number of esters is 1. The van der Waals surface area contributed by atoms with E-state index < -0.39 is 4.92 Å². The zero-order valence-electron chi connectivity index (χ0n) is 20.7. The monoisotopic (exact) mass is 592 g/mol.